The van der Waals surface area contributed by atoms with Gasteiger partial charge in [0.2, 0.25) is 5.91 Å². The van der Waals surface area contributed by atoms with Crippen LogP contribution >= 0.6 is 0 Å². The highest BCUT2D eigenvalue weighted by Gasteiger charge is 2.01. The number of hydrogen-bond acceptors (Lipinski definition) is 7. The molecule has 10 heteroatoms. The first-order valence-electron chi connectivity index (χ1n) is 5.79. The van der Waals surface area contributed by atoms with Gasteiger partial charge < -0.3 is 15.4 Å². The number of carbonyl (C=O) groups excluding carboxylic acids is 2. The third-order valence-electron chi connectivity index (χ3n) is 1.53. The molecule has 3 N–H and O–H groups in total. The van der Waals surface area contributed by atoms with Crippen LogP contribution in [0, 0.1) is 0 Å². The summed E-state index contributed by atoms with van der Waals surface area (Å²) in [6.07, 6.45) is 1.06. The Balaban J connectivity index is -0.000000277. The molecule has 130 valence electrons. The fourth-order valence-corrected chi connectivity index (χ4v) is 0.444. The van der Waals surface area contributed by atoms with Crippen LogP contribution in [0.15, 0.2) is 24.8 Å². The molecule has 0 heterocycles. The van der Waals surface area contributed by atoms with Gasteiger partial charge in [-0.05, 0) is 27.1 Å². The predicted molar refractivity (Wildman–Crippen MR) is 82.3 cm³/mol. The molecular weight excluding hydrogens is 316 g/mol. The number of likely N-dealkylation sites (N-methyl/N-ethyl adjacent to an activating group) is 1. The van der Waals surface area contributed by atoms with Crippen LogP contribution < -0.4 is 5.73 Å². The van der Waals surface area contributed by atoms with Crippen molar-refractivity contribution < 1.29 is 31.5 Å². The molecule has 0 aromatic rings. The lowest BCUT2D eigenvalue weighted by Gasteiger charge is -2.09. The summed E-state index contributed by atoms with van der Waals surface area (Å²) < 4.78 is 34.5. The Morgan fingerprint density at radius 3 is 1.91 bits per heavy atom. The first-order chi connectivity index (χ1) is 9.87. The summed E-state index contributed by atoms with van der Waals surface area (Å²) in [7, 11) is 0.559. The molecule has 1 amide bonds. The minimum absolute atomic E-state index is 0.313. The van der Waals surface area contributed by atoms with Gasteiger partial charge in [0.15, 0.2) is 0 Å². The Bertz CT molecular complexity index is 458. The van der Waals surface area contributed by atoms with Gasteiger partial charge in [-0.3, -0.25) is 13.5 Å². The summed E-state index contributed by atoms with van der Waals surface area (Å²) in [5, 5.41) is 0. The lowest BCUT2D eigenvalue weighted by molar-refractivity contribution is -0.139. The molecule has 0 aliphatic rings. The summed E-state index contributed by atoms with van der Waals surface area (Å²) in [6, 6.07) is 0. The molecule has 0 bridgehead atoms. The van der Waals surface area contributed by atoms with Crippen molar-refractivity contribution in [2.75, 3.05) is 34.4 Å². The van der Waals surface area contributed by atoms with Crippen molar-refractivity contribution in [1.29, 1.82) is 0 Å². The molecule has 0 saturated carbocycles. The SMILES string of the molecule is C=C(C)C(=O)OCCN(C)C.C=CC(N)=O.COS(=O)(=O)O. The van der Waals surface area contributed by atoms with Crippen molar-refractivity contribution in [3.63, 3.8) is 0 Å². The summed E-state index contributed by atoms with van der Waals surface area (Å²) >= 11 is 0. The van der Waals surface area contributed by atoms with Crippen LogP contribution in [0.4, 0.5) is 0 Å². The molecule has 0 aliphatic carbocycles. The fourth-order valence-electron chi connectivity index (χ4n) is 0.444. The highest BCUT2D eigenvalue weighted by Crippen LogP contribution is 1.91. The molecule has 0 fully saturated rings. The number of nitrogens with zero attached hydrogens (tertiary/aromatic N) is 1. The van der Waals surface area contributed by atoms with Crippen molar-refractivity contribution >= 4 is 22.3 Å². The molecule has 0 aromatic carbocycles. The second-order valence-corrected chi connectivity index (χ2v) is 5.11. The molecule has 22 heavy (non-hydrogen) atoms. The smallest absolute Gasteiger partial charge is 0.397 e. The van der Waals surface area contributed by atoms with Gasteiger partial charge in [0.1, 0.15) is 6.61 Å². The zero-order valence-corrected chi connectivity index (χ0v) is 14.1. The van der Waals surface area contributed by atoms with E-state index >= 15 is 0 Å². The average molecular weight is 340 g/mol. The zero-order valence-electron chi connectivity index (χ0n) is 13.2. The highest BCUT2D eigenvalue weighted by molar-refractivity contribution is 7.80. The fraction of sp³-hybridized carbons (Fsp3) is 0.500. The van der Waals surface area contributed by atoms with Gasteiger partial charge in [0, 0.05) is 12.1 Å². The summed E-state index contributed by atoms with van der Waals surface area (Å²) in [5.41, 5.74) is 4.98. The van der Waals surface area contributed by atoms with E-state index in [4.69, 9.17) is 9.29 Å². The first kappa shape index (κ1) is 25.2. The number of ether oxygens (including phenoxy) is 1. The Labute approximate surface area is 131 Å². The van der Waals surface area contributed by atoms with Crippen molar-refractivity contribution in [1.82, 2.24) is 4.90 Å². The highest BCUT2D eigenvalue weighted by atomic mass is 32.3. The Hall–Kier alpha value is -1.75. The third-order valence-corrected chi connectivity index (χ3v) is 1.95. The van der Waals surface area contributed by atoms with E-state index in [9.17, 15) is 18.0 Å². The van der Waals surface area contributed by atoms with Gasteiger partial charge in [-0.2, -0.15) is 8.42 Å². The molecule has 0 saturated heterocycles. The van der Waals surface area contributed by atoms with E-state index in [1.165, 1.54) is 0 Å². The topological polar surface area (TPSA) is 136 Å². The number of rotatable bonds is 6. The Morgan fingerprint density at radius 1 is 1.36 bits per heavy atom. The predicted octanol–water partition coefficient (Wildman–Crippen LogP) is -0.239. The molecule has 0 rings (SSSR count). The van der Waals surface area contributed by atoms with E-state index in [1.807, 2.05) is 19.0 Å². The van der Waals surface area contributed by atoms with E-state index in [1.54, 1.807) is 6.92 Å². The van der Waals surface area contributed by atoms with E-state index in [0.717, 1.165) is 19.7 Å². The quantitative estimate of drug-likeness (QED) is 0.384. The van der Waals surface area contributed by atoms with Crippen molar-refractivity contribution in [2.45, 2.75) is 6.92 Å². The van der Waals surface area contributed by atoms with Crippen LogP contribution in [0.25, 0.3) is 0 Å². The lowest BCUT2D eigenvalue weighted by atomic mass is 10.4. The van der Waals surface area contributed by atoms with Crippen LogP contribution in [0.5, 0.6) is 0 Å². The lowest BCUT2D eigenvalue weighted by Crippen LogP contribution is -2.20. The number of primary amides is 1. The van der Waals surface area contributed by atoms with Gasteiger partial charge in [-0.1, -0.05) is 13.2 Å². The summed E-state index contributed by atoms with van der Waals surface area (Å²) in [4.78, 5) is 22.2. The minimum atomic E-state index is -4.16. The van der Waals surface area contributed by atoms with Gasteiger partial charge >= 0.3 is 16.4 Å². The van der Waals surface area contributed by atoms with Gasteiger partial charge in [-0.15, -0.1) is 0 Å². The van der Waals surface area contributed by atoms with Crippen molar-refractivity contribution in [3.8, 4) is 0 Å². The van der Waals surface area contributed by atoms with Crippen LogP contribution in [-0.4, -0.2) is 64.1 Å². The summed E-state index contributed by atoms with van der Waals surface area (Å²) in [6.45, 7) is 9.37. The van der Waals surface area contributed by atoms with Gasteiger partial charge in [0.05, 0.1) is 7.11 Å². The zero-order chi connectivity index (χ0) is 18.3. The van der Waals surface area contributed by atoms with E-state index < -0.39 is 16.3 Å². The summed E-state index contributed by atoms with van der Waals surface area (Å²) in [5.74, 6) is -0.795. The van der Waals surface area contributed by atoms with E-state index in [-0.39, 0.29) is 5.97 Å². The number of amides is 1. The van der Waals surface area contributed by atoms with E-state index in [0.29, 0.717) is 12.2 Å². The normalized spacial score (nSPS) is 9.55. The number of carbonyl (C=O) groups is 2. The molecule has 0 spiro atoms. The maximum Gasteiger partial charge on any atom is 0.397 e. The first-order valence-corrected chi connectivity index (χ1v) is 7.16. The molecule has 0 atom stereocenters. The second kappa shape index (κ2) is 14.2. The van der Waals surface area contributed by atoms with Crippen LogP contribution in [0.2, 0.25) is 0 Å². The molecular formula is C12H24N2O7S. The molecule has 0 radical (unpaired) electrons. The number of esters is 1. The third kappa shape index (κ3) is 30.9. The maximum atomic E-state index is 10.8. The van der Waals surface area contributed by atoms with Crippen molar-refractivity contribution in [2.24, 2.45) is 5.73 Å². The molecule has 0 unspecified atom stereocenters. The van der Waals surface area contributed by atoms with Gasteiger partial charge in [-0.25, -0.2) is 4.79 Å². The van der Waals surface area contributed by atoms with Crippen LogP contribution in [-0.2, 0) is 28.9 Å². The van der Waals surface area contributed by atoms with Gasteiger partial charge in [0.25, 0.3) is 0 Å². The average Bonchev–Trinajstić information content (AvgIpc) is 2.38. The Kier molecular flexibility index (Phi) is 16.3. The Morgan fingerprint density at radius 2 is 1.73 bits per heavy atom. The second-order valence-electron chi connectivity index (χ2n) is 3.92. The number of nitrogens with two attached hydrogens (primary N) is 1. The minimum Gasteiger partial charge on any atom is -0.461 e. The van der Waals surface area contributed by atoms with Crippen LogP contribution in [0.1, 0.15) is 6.92 Å². The largest absolute Gasteiger partial charge is 0.461 e. The van der Waals surface area contributed by atoms with Crippen LogP contribution in [0.3, 0.4) is 0 Å². The van der Waals surface area contributed by atoms with E-state index in [2.05, 4.69) is 23.1 Å². The molecule has 0 aliphatic heterocycles. The monoisotopic (exact) mass is 340 g/mol. The molecule has 9 nitrogen and oxygen atoms in total. The molecule has 0 aromatic heterocycles. The maximum absolute atomic E-state index is 10.8. The standard InChI is InChI=1S/C8H15NO2.C3H5NO.CH4O4S/c1-7(2)8(10)11-6-5-9(3)4;1-2-3(4)5;1-5-6(2,3)4/h1,5-6H2,2-4H3;2H,1H2,(H2,4,5);1H3,(H,2,3,4). The van der Waals surface area contributed by atoms with Crippen molar-refractivity contribution in [3.05, 3.63) is 24.8 Å². The number of hydrogen-bond donors (Lipinski definition) is 2.